The minimum Gasteiger partial charge on any atom is -0.477 e. The number of benzene rings is 1. The van der Waals surface area contributed by atoms with Gasteiger partial charge < -0.3 is 30.6 Å². The van der Waals surface area contributed by atoms with E-state index in [2.05, 4.69) is 43.6 Å². The van der Waals surface area contributed by atoms with Gasteiger partial charge in [-0.1, -0.05) is 0 Å². The molecule has 2 aliphatic rings. The smallest absolute Gasteiger partial charge is 0.341 e. The molecule has 13 heteroatoms. The Kier molecular flexibility index (Phi) is 6.00. The highest BCUT2D eigenvalue weighted by Crippen LogP contribution is 2.47. The van der Waals surface area contributed by atoms with Crippen molar-refractivity contribution in [2.45, 2.75) is 12.5 Å². The highest BCUT2D eigenvalue weighted by molar-refractivity contribution is 6.20. The number of H-pyrrole nitrogens is 1. The molecule has 0 bridgehead atoms. The number of likely N-dealkylation sites (tertiary alicyclic amines) is 1. The van der Waals surface area contributed by atoms with Crippen molar-refractivity contribution < 1.29 is 14.3 Å². The van der Waals surface area contributed by atoms with Crippen LogP contribution in [0.1, 0.15) is 22.3 Å². The van der Waals surface area contributed by atoms with Crippen LogP contribution in [-0.4, -0.2) is 82.4 Å². The number of anilines is 2. The van der Waals surface area contributed by atoms with Crippen molar-refractivity contribution in [1.82, 2.24) is 24.5 Å². The monoisotopic (exact) mass is 581 g/mol. The molecule has 0 aliphatic carbocycles. The van der Waals surface area contributed by atoms with Gasteiger partial charge in [0.1, 0.15) is 23.1 Å². The van der Waals surface area contributed by atoms with Crippen LogP contribution >= 0.6 is 0 Å². The van der Waals surface area contributed by atoms with Gasteiger partial charge in [0.25, 0.3) is 0 Å². The number of carboxylic acids is 1. The SMILES string of the molecule is CNc1cc(F)c(C#N)c2c1[nH]c1ncc(-c3cnc4c(c3)c(=O)c(C(=O)O)cn4NC)c(N3CC[C@@H]4CN(C)C[C@@H]43)c12. The number of nitrogens with zero attached hydrogens (tertiary/aromatic N) is 6. The first-order valence-electron chi connectivity index (χ1n) is 13.9. The van der Waals surface area contributed by atoms with Gasteiger partial charge in [0.2, 0.25) is 5.43 Å². The summed E-state index contributed by atoms with van der Waals surface area (Å²) in [6.45, 7) is 2.54. The Morgan fingerprint density at radius 2 is 2.02 bits per heavy atom. The van der Waals surface area contributed by atoms with Crippen molar-refractivity contribution >= 4 is 50.3 Å². The van der Waals surface area contributed by atoms with E-state index in [4.69, 9.17) is 4.98 Å². The number of aromatic nitrogens is 4. The van der Waals surface area contributed by atoms with Gasteiger partial charge in [0, 0.05) is 80.9 Å². The summed E-state index contributed by atoms with van der Waals surface area (Å²) in [7, 11) is 5.38. The van der Waals surface area contributed by atoms with Crippen molar-refractivity contribution in [3.05, 3.63) is 57.9 Å². The van der Waals surface area contributed by atoms with Crippen LogP contribution in [0.2, 0.25) is 0 Å². The first-order chi connectivity index (χ1) is 20.7. The molecule has 6 heterocycles. The largest absolute Gasteiger partial charge is 0.477 e. The topological polar surface area (TPSA) is 155 Å². The molecule has 1 aromatic carbocycles. The summed E-state index contributed by atoms with van der Waals surface area (Å²) in [5.41, 5.74) is 5.53. The van der Waals surface area contributed by atoms with Gasteiger partial charge in [-0.3, -0.25) is 4.79 Å². The summed E-state index contributed by atoms with van der Waals surface area (Å²) in [6.07, 6.45) is 5.49. The number of carbonyl (C=O) groups is 1. The molecule has 7 rings (SSSR count). The highest BCUT2D eigenvalue weighted by atomic mass is 19.1. The average Bonchev–Trinajstić information content (AvgIpc) is 3.68. The van der Waals surface area contributed by atoms with E-state index in [0.717, 1.165) is 31.7 Å². The lowest BCUT2D eigenvalue weighted by Gasteiger charge is -2.29. The summed E-state index contributed by atoms with van der Waals surface area (Å²) in [6, 6.07) is 5.17. The van der Waals surface area contributed by atoms with Crippen molar-refractivity contribution in [3.63, 3.8) is 0 Å². The Morgan fingerprint density at radius 3 is 2.74 bits per heavy atom. The number of rotatable bonds is 5. The van der Waals surface area contributed by atoms with Crippen molar-refractivity contribution in [3.8, 4) is 17.2 Å². The average molecular weight is 582 g/mol. The quantitative estimate of drug-likeness (QED) is 0.243. The molecule has 2 saturated heterocycles. The number of hydrogen-bond acceptors (Lipinski definition) is 9. The molecule has 2 fully saturated rings. The first-order valence-corrected chi connectivity index (χ1v) is 13.9. The second-order valence-corrected chi connectivity index (χ2v) is 11.2. The Morgan fingerprint density at radius 1 is 1.21 bits per heavy atom. The molecule has 4 aromatic heterocycles. The Bertz CT molecular complexity index is 2100. The maximum Gasteiger partial charge on any atom is 0.341 e. The number of nitriles is 1. The fraction of sp³-hybridized carbons (Fsp3) is 0.300. The minimum atomic E-state index is -1.34. The predicted molar refractivity (Wildman–Crippen MR) is 162 cm³/mol. The van der Waals surface area contributed by atoms with E-state index in [0.29, 0.717) is 44.7 Å². The minimum absolute atomic E-state index is 0.0839. The molecule has 12 nitrogen and oxygen atoms in total. The maximum atomic E-state index is 15.3. The van der Waals surface area contributed by atoms with Crippen LogP contribution in [-0.2, 0) is 0 Å². The van der Waals surface area contributed by atoms with Gasteiger partial charge in [-0.05, 0) is 25.5 Å². The van der Waals surface area contributed by atoms with Crippen LogP contribution in [0.25, 0.3) is 44.1 Å². The Balaban J connectivity index is 1.59. The van der Waals surface area contributed by atoms with Crippen molar-refractivity contribution in [2.75, 3.05) is 56.4 Å². The molecule has 4 N–H and O–H groups in total. The Hall–Kier alpha value is -5.22. The lowest BCUT2D eigenvalue weighted by atomic mass is 9.98. The third-order valence-electron chi connectivity index (χ3n) is 8.85. The molecular formula is C30H28FN9O3. The number of carboxylic acid groups (broad SMARTS) is 1. The van der Waals surface area contributed by atoms with E-state index >= 15 is 4.39 Å². The van der Waals surface area contributed by atoms with Crippen LogP contribution in [0.15, 0.2) is 35.5 Å². The number of aromatic carboxylic acids is 1. The standard InChI is InChI=1S/C30H28FN9O3/c1-33-21-7-20(31)17(8-32)23-24-26(39-5-4-14-11-38(3)13-22(14)39)18(10-35-28(24)37-25(21)23)15-6-16-27(41)19(30(42)43)12-40(34-2)29(16)36-9-15/h6-7,9-10,12,14,22,33-34H,4-5,11,13H2,1-3H3,(H,35,37)(H,42,43)/t14-,22+/m1/s1. The molecule has 5 aromatic rings. The molecule has 0 amide bonds. The number of fused-ring (bicyclic) bond motifs is 5. The highest BCUT2D eigenvalue weighted by Gasteiger charge is 2.42. The van der Waals surface area contributed by atoms with Crippen LogP contribution < -0.4 is 21.1 Å². The number of likely N-dealkylation sites (N-methyl/N-ethyl adjacent to an activating group) is 1. The third kappa shape index (κ3) is 3.83. The molecule has 0 saturated carbocycles. The third-order valence-corrected chi connectivity index (χ3v) is 8.85. The molecule has 2 aliphatic heterocycles. The van der Waals surface area contributed by atoms with Crippen molar-refractivity contribution in [1.29, 1.82) is 5.26 Å². The van der Waals surface area contributed by atoms with Gasteiger partial charge in [0.05, 0.1) is 33.2 Å². The number of aromatic amines is 1. The molecule has 0 spiro atoms. The van der Waals surface area contributed by atoms with E-state index < -0.39 is 22.8 Å². The Labute approximate surface area is 244 Å². The molecule has 0 radical (unpaired) electrons. The van der Waals surface area contributed by atoms with E-state index in [1.54, 1.807) is 32.6 Å². The van der Waals surface area contributed by atoms with Gasteiger partial charge in [-0.25, -0.2) is 23.8 Å². The zero-order valence-electron chi connectivity index (χ0n) is 23.7. The van der Waals surface area contributed by atoms with E-state index in [-0.39, 0.29) is 22.6 Å². The normalized spacial score (nSPS) is 18.4. The van der Waals surface area contributed by atoms with Crippen LogP contribution in [0.4, 0.5) is 15.8 Å². The second kappa shape index (κ2) is 9.67. The fourth-order valence-corrected chi connectivity index (χ4v) is 6.93. The second-order valence-electron chi connectivity index (χ2n) is 11.2. The van der Waals surface area contributed by atoms with Gasteiger partial charge in [0.15, 0.2) is 5.65 Å². The summed E-state index contributed by atoms with van der Waals surface area (Å²) >= 11 is 0. The zero-order chi connectivity index (χ0) is 30.2. The number of halogens is 1. The first kappa shape index (κ1) is 26.7. The number of nitrogens with one attached hydrogen (secondary N) is 3. The van der Waals surface area contributed by atoms with E-state index in [1.807, 2.05) is 0 Å². The molecule has 43 heavy (non-hydrogen) atoms. The van der Waals surface area contributed by atoms with Crippen molar-refractivity contribution in [2.24, 2.45) is 5.92 Å². The summed E-state index contributed by atoms with van der Waals surface area (Å²) < 4.78 is 16.7. The number of hydrogen-bond donors (Lipinski definition) is 4. The fourth-order valence-electron chi connectivity index (χ4n) is 6.93. The van der Waals surface area contributed by atoms with E-state index in [9.17, 15) is 20.0 Å². The molecule has 218 valence electrons. The van der Waals surface area contributed by atoms with Gasteiger partial charge >= 0.3 is 5.97 Å². The summed E-state index contributed by atoms with van der Waals surface area (Å²) in [4.78, 5) is 42.4. The van der Waals surface area contributed by atoms with Gasteiger partial charge in [-0.15, -0.1) is 0 Å². The zero-order valence-corrected chi connectivity index (χ0v) is 23.7. The molecular weight excluding hydrogens is 553 g/mol. The van der Waals surface area contributed by atoms with Crippen LogP contribution in [0.3, 0.4) is 0 Å². The molecule has 2 atom stereocenters. The lowest BCUT2D eigenvalue weighted by molar-refractivity contribution is 0.0695. The summed E-state index contributed by atoms with van der Waals surface area (Å²) in [5.74, 6) is -1.55. The predicted octanol–water partition coefficient (Wildman–Crippen LogP) is 3.16. The van der Waals surface area contributed by atoms with Crippen LogP contribution in [0, 0.1) is 23.1 Å². The van der Waals surface area contributed by atoms with Crippen LogP contribution in [0.5, 0.6) is 0 Å². The van der Waals surface area contributed by atoms with E-state index in [1.165, 1.54) is 16.9 Å². The number of pyridine rings is 3. The molecule has 0 unspecified atom stereocenters. The van der Waals surface area contributed by atoms with Gasteiger partial charge in [-0.2, -0.15) is 5.26 Å². The lowest BCUT2D eigenvalue weighted by Crippen LogP contribution is -2.35. The maximum absolute atomic E-state index is 15.3. The summed E-state index contributed by atoms with van der Waals surface area (Å²) in [5, 5.41) is 24.0.